The highest BCUT2D eigenvalue weighted by atomic mass is 16.2. The summed E-state index contributed by atoms with van der Waals surface area (Å²) in [6.45, 7) is 2.02. The maximum Gasteiger partial charge on any atom is 0.234 e. The van der Waals surface area contributed by atoms with E-state index in [2.05, 4.69) is 22.3 Å². The molecule has 28 heavy (non-hydrogen) atoms. The molecule has 0 bridgehead atoms. The highest BCUT2D eigenvalue weighted by molar-refractivity contribution is 5.97. The molecule has 2 fully saturated rings. The van der Waals surface area contributed by atoms with Crippen molar-refractivity contribution in [1.29, 1.82) is 0 Å². The average molecular weight is 377 g/mol. The van der Waals surface area contributed by atoms with E-state index in [1.165, 1.54) is 5.56 Å². The molecule has 2 aliphatic rings. The lowest BCUT2D eigenvalue weighted by atomic mass is 9.72. The number of hydrogen-bond acceptors (Lipinski definition) is 3. The lowest BCUT2D eigenvalue weighted by molar-refractivity contribution is -0.125. The van der Waals surface area contributed by atoms with Crippen LogP contribution in [0.3, 0.4) is 0 Å². The van der Waals surface area contributed by atoms with Crippen molar-refractivity contribution in [3.05, 3.63) is 71.8 Å². The molecule has 1 aliphatic heterocycles. The lowest BCUT2D eigenvalue weighted by Gasteiger charge is -2.43. The van der Waals surface area contributed by atoms with Gasteiger partial charge < -0.3 is 5.32 Å². The van der Waals surface area contributed by atoms with E-state index >= 15 is 0 Å². The molecule has 2 aromatic carbocycles. The topological polar surface area (TPSA) is 49.4 Å². The largest absolute Gasteiger partial charge is 0.345 e. The zero-order valence-electron chi connectivity index (χ0n) is 16.3. The van der Waals surface area contributed by atoms with Crippen LogP contribution in [0.4, 0.5) is 0 Å². The Morgan fingerprint density at radius 3 is 2.11 bits per heavy atom. The van der Waals surface area contributed by atoms with Crippen LogP contribution in [0.1, 0.15) is 48.0 Å². The third kappa shape index (κ3) is 4.02. The number of piperidine rings is 1. The van der Waals surface area contributed by atoms with Crippen molar-refractivity contribution in [2.75, 3.05) is 19.6 Å². The summed E-state index contributed by atoms with van der Waals surface area (Å²) in [5, 5.41) is 3.31. The Hall–Kier alpha value is -2.46. The van der Waals surface area contributed by atoms with Gasteiger partial charge in [0, 0.05) is 11.5 Å². The number of carbonyl (C=O) groups is 2. The molecule has 1 N–H and O–H groups in total. The molecule has 0 radical (unpaired) electrons. The van der Waals surface area contributed by atoms with Crippen molar-refractivity contribution in [3.63, 3.8) is 0 Å². The second-order valence-electron chi connectivity index (χ2n) is 8.13. The average Bonchev–Trinajstić information content (AvgIpc) is 2.72. The third-order valence-corrected chi connectivity index (χ3v) is 6.30. The van der Waals surface area contributed by atoms with Gasteiger partial charge in [-0.05, 0) is 50.8 Å². The molecule has 0 spiro atoms. The molecule has 1 aliphatic carbocycles. The van der Waals surface area contributed by atoms with E-state index in [9.17, 15) is 9.59 Å². The molecule has 1 saturated carbocycles. The summed E-state index contributed by atoms with van der Waals surface area (Å²) in [5.41, 5.74) is 1.83. The molecule has 0 aromatic heterocycles. The third-order valence-electron chi connectivity index (χ3n) is 6.30. The van der Waals surface area contributed by atoms with Crippen LogP contribution in [0.2, 0.25) is 0 Å². The fourth-order valence-electron chi connectivity index (χ4n) is 4.47. The van der Waals surface area contributed by atoms with E-state index in [1.807, 2.05) is 48.5 Å². The number of amides is 1. The SMILES string of the molecule is O=C(CN1CCC(C(=O)c2ccccc2)CC1)NC1(c2ccccc2)CCC1. The first-order valence-electron chi connectivity index (χ1n) is 10.3. The zero-order valence-corrected chi connectivity index (χ0v) is 16.3. The van der Waals surface area contributed by atoms with E-state index in [-0.39, 0.29) is 23.1 Å². The Bertz CT molecular complexity index is 807. The quantitative estimate of drug-likeness (QED) is 0.781. The summed E-state index contributed by atoms with van der Waals surface area (Å²) in [4.78, 5) is 27.5. The summed E-state index contributed by atoms with van der Waals surface area (Å²) < 4.78 is 0. The number of nitrogens with one attached hydrogen (secondary N) is 1. The molecule has 146 valence electrons. The molecule has 1 amide bonds. The van der Waals surface area contributed by atoms with Crippen molar-refractivity contribution in [2.45, 2.75) is 37.6 Å². The molecule has 1 heterocycles. The number of likely N-dealkylation sites (tertiary alicyclic amines) is 1. The van der Waals surface area contributed by atoms with Crippen molar-refractivity contribution < 1.29 is 9.59 Å². The van der Waals surface area contributed by atoms with Gasteiger partial charge in [0.1, 0.15) is 0 Å². The van der Waals surface area contributed by atoms with Crippen molar-refractivity contribution in [3.8, 4) is 0 Å². The van der Waals surface area contributed by atoms with Gasteiger partial charge in [0.05, 0.1) is 12.1 Å². The second kappa shape index (κ2) is 8.27. The van der Waals surface area contributed by atoms with Crippen molar-refractivity contribution in [2.24, 2.45) is 5.92 Å². The number of nitrogens with zero attached hydrogens (tertiary/aromatic N) is 1. The van der Waals surface area contributed by atoms with Crippen LogP contribution in [0.5, 0.6) is 0 Å². The number of Topliss-reactive ketones (excluding diaryl/α,β-unsaturated/α-hetero) is 1. The number of benzene rings is 2. The predicted octanol–water partition coefficient (Wildman–Crippen LogP) is 3.78. The van der Waals surface area contributed by atoms with Gasteiger partial charge in [-0.25, -0.2) is 0 Å². The maximum atomic E-state index is 12.7. The monoisotopic (exact) mass is 376 g/mol. The predicted molar refractivity (Wildman–Crippen MR) is 110 cm³/mol. The van der Waals surface area contributed by atoms with Crippen LogP contribution in [0, 0.1) is 5.92 Å². The summed E-state index contributed by atoms with van der Waals surface area (Å²) in [5.74, 6) is 0.405. The summed E-state index contributed by atoms with van der Waals surface area (Å²) in [7, 11) is 0. The number of carbonyl (C=O) groups excluding carboxylic acids is 2. The summed E-state index contributed by atoms with van der Waals surface area (Å²) in [6, 6.07) is 19.9. The van der Waals surface area contributed by atoms with E-state index in [0.717, 1.165) is 50.8 Å². The van der Waals surface area contributed by atoms with Crippen molar-refractivity contribution in [1.82, 2.24) is 10.2 Å². The van der Waals surface area contributed by atoms with Crippen LogP contribution < -0.4 is 5.32 Å². The van der Waals surface area contributed by atoms with Gasteiger partial charge in [0.2, 0.25) is 5.91 Å². The normalized spacial score (nSPS) is 19.6. The summed E-state index contributed by atoms with van der Waals surface area (Å²) >= 11 is 0. The molecule has 4 heteroatoms. The zero-order chi connectivity index (χ0) is 19.4. The number of ketones is 1. The molecule has 4 nitrogen and oxygen atoms in total. The highest BCUT2D eigenvalue weighted by Gasteiger charge is 2.40. The molecule has 0 unspecified atom stereocenters. The smallest absolute Gasteiger partial charge is 0.234 e. The minimum absolute atomic E-state index is 0.0732. The molecule has 1 saturated heterocycles. The first kappa shape index (κ1) is 18.9. The fraction of sp³-hybridized carbons (Fsp3) is 0.417. The van der Waals surface area contributed by atoms with Gasteiger partial charge in [0.25, 0.3) is 0 Å². The molecule has 2 aromatic rings. The lowest BCUT2D eigenvalue weighted by Crippen LogP contribution is -2.53. The van der Waals surface area contributed by atoms with Crippen LogP contribution in [-0.2, 0) is 10.3 Å². The van der Waals surface area contributed by atoms with Gasteiger partial charge in [-0.1, -0.05) is 60.7 Å². The Morgan fingerprint density at radius 1 is 0.929 bits per heavy atom. The Morgan fingerprint density at radius 2 is 1.54 bits per heavy atom. The van der Waals surface area contributed by atoms with E-state index in [1.54, 1.807) is 0 Å². The molecular weight excluding hydrogens is 348 g/mol. The van der Waals surface area contributed by atoms with Crippen LogP contribution in [0.25, 0.3) is 0 Å². The minimum atomic E-state index is -0.181. The molecular formula is C24H28N2O2. The van der Waals surface area contributed by atoms with Crippen molar-refractivity contribution >= 4 is 11.7 Å². The van der Waals surface area contributed by atoms with Gasteiger partial charge >= 0.3 is 0 Å². The van der Waals surface area contributed by atoms with Crippen LogP contribution in [-0.4, -0.2) is 36.2 Å². The maximum absolute atomic E-state index is 12.7. The van der Waals surface area contributed by atoms with E-state index in [0.29, 0.717) is 6.54 Å². The van der Waals surface area contributed by atoms with Crippen LogP contribution >= 0.6 is 0 Å². The van der Waals surface area contributed by atoms with Gasteiger partial charge in [-0.15, -0.1) is 0 Å². The second-order valence-corrected chi connectivity index (χ2v) is 8.13. The Kier molecular flexibility index (Phi) is 5.58. The highest BCUT2D eigenvalue weighted by Crippen LogP contribution is 2.41. The van der Waals surface area contributed by atoms with E-state index in [4.69, 9.17) is 0 Å². The fourth-order valence-corrected chi connectivity index (χ4v) is 4.47. The first-order valence-corrected chi connectivity index (χ1v) is 10.3. The van der Waals surface area contributed by atoms with E-state index < -0.39 is 0 Å². The Labute approximate surface area is 166 Å². The molecule has 0 atom stereocenters. The number of hydrogen-bond donors (Lipinski definition) is 1. The standard InChI is InChI=1S/C24H28N2O2/c27-22(25-24(14-7-15-24)21-10-5-2-6-11-21)18-26-16-12-20(13-17-26)23(28)19-8-3-1-4-9-19/h1-6,8-11,20H,7,12-18H2,(H,25,27). The van der Waals surface area contributed by atoms with Gasteiger partial charge in [-0.2, -0.15) is 0 Å². The Balaban J connectivity index is 1.29. The number of rotatable bonds is 6. The van der Waals surface area contributed by atoms with Gasteiger partial charge in [-0.3, -0.25) is 14.5 Å². The van der Waals surface area contributed by atoms with Gasteiger partial charge in [0.15, 0.2) is 5.78 Å². The van der Waals surface area contributed by atoms with Crippen LogP contribution in [0.15, 0.2) is 60.7 Å². The molecule has 4 rings (SSSR count). The first-order chi connectivity index (χ1) is 13.7. The summed E-state index contributed by atoms with van der Waals surface area (Å²) in [6.07, 6.45) is 4.82. The minimum Gasteiger partial charge on any atom is -0.345 e.